The summed E-state index contributed by atoms with van der Waals surface area (Å²) in [5.74, 6) is 1.82. The Labute approximate surface area is 112 Å². The van der Waals surface area contributed by atoms with Crippen molar-refractivity contribution in [1.82, 2.24) is 5.32 Å². The van der Waals surface area contributed by atoms with Gasteiger partial charge >= 0.3 is 0 Å². The monoisotopic (exact) mass is 255 g/mol. The van der Waals surface area contributed by atoms with E-state index in [-0.39, 0.29) is 0 Å². The molecule has 2 rings (SSSR count). The van der Waals surface area contributed by atoms with Gasteiger partial charge in [0.25, 0.3) is 0 Å². The molecule has 0 aliphatic heterocycles. The summed E-state index contributed by atoms with van der Waals surface area (Å²) in [4.78, 5) is 0. The van der Waals surface area contributed by atoms with Gasteiger partial charge in [-0.1, -0.05) is 33.1 Å². The predicted molar refractivity (Wildman–Crippen MR) is 78.7 cm³/mol. The zero-order valence-corrected chi connectivity index (χ0v) is 12.6. The Bertz CT molecular complexity index is 231. The fraction of sp³-hybridized carbons (Fsp3) is 1.00. The van der Waals surface area contributed by atoms with Crippen LogP contribution in [0, 0.1) is 11.8 Å². The van der Waals surface area contributed by atoms with Gasteiger partial charge in [0.15, 0.2) is 0 Å². The van der Waals surface area contributed by atoms with Crippen molar-refractivity contribution in [3.05, 3.63) is 0 Å². The summed E-state index contributed by atoms with van der Waals surface area (Å²) in [6, 6.07) is 1.58. The van der Waals surface area contributed by atoms with E-state index in [4.69, 9.17) is 0 Å². The molecule has 1 nitrogen and oxygen atoms in total. The van der Waals surface area contributed by atoms with Gasteiger partial charge in [-0.05, 0) is 43.8 Å². The lowest BCUT2D eigenvalue weighted by atomic mass is 9.79. The van der Waals surface area contributed by atoms with Crippen LogP contribution < -0.4 is 5.32 Å². The highest BCUT2D eigenvalue weighted by molar-refractivity contribution is 7.99. The second-order valence-electron chi connectivity index (χ2n) is 6.33. The molecule has 0 bridgehead atoms. The van der Waals surface area contributed by atoms with Crippen LogP contribution in [0.2, 0.25) is 0 Å². The lowest BCUT2D eigenvalue weighted by Crippen LogP contribution is -2.50. The summed E-state index contributed by atoms with van der Waals surface area (Å²) in [7, 11) is 0. The number of rotatable bonds is 3. The second-order valence-corrected chi connectivity index (χ2v) is 7.41. The number of thioether (sulfide) groups is 1. The molecular weight excluding hydrogens is 226 g/mol. The SMILES string of the molecule is CSC1CCCCC1NC1CC(C)CCC1C. The Morgan fingerprint density at radius 1 is 0.941 bits per heavy atom. The quantitative estimate of drug-likeness (QED) is 0.815. The fourth-order valence-electron chi connectivity index (χ4n) is 3.61. The Hall–Kier alpha value is 0.310. The molecular formula is C15H29NS. The minimum Gasteiger partial charge on any atom is -0.310 e. The molecule has 0 saturated heterocycles. The van der Waals surface area contributed by atoms with Crippen molar-refractivity contribution in [2.45, 2.75) is 76.1 Å². The van der Waals surface area contributed by atoms with Crippen LogP contribution in [0.1, 0.15) is 58.8 Å². The van der Waals surface area contributed by atoms with Crippen LogP contribution in [0.25, 0.3) is 0 Å². The lowest BCUT2D eigenvalue weighted by molar-refractivity contribution is 0.201. The first kappa shape index (κ1) is 13.7. The van der Waals surface area contributed by atoms with Gasteiger partial charge in [-0.3, -0.25) is 0 Å². The highest BCUT2D eigenvalue weighted by atomic mass is 32.2. The molecule has 1 N–H and O–H groups in total. The van der Waals surface area contributed by atoms with Gasteiger partial charge in [0.2, 0.25) is 0 Å². The van der Waals surface area contributed by atoms with E-state index in [2.05, 4.69) is 37.2 Å². The van der Waals surface area contributed by atoms with Gasteiger partial charge < -0.3 is 5.32 Å². The third-order valence-corrected chi connectivity index (χ3v) is 6.06. The van der Waals surface area contributed by atoms with E-state index in [9.17, 15) is 0 Å². The van der Waals surface area contributed by atoms with E-state index < -0.39 is 0 Å². The molecule has 2 aliphatic carbocycles. The molecule has 0 heterocycles. The zero-order valence-electron chi connectivity index (χ0n) is 11.7. The van der Waals surface area contributed by atoms with Gasteiger partial charge in [0, 0.05) is 17.3 Å². The predicted octanol–water partition coefficient (Wildman–Crippen LogP) is 4.07. The molecule has 2 aliphatic rings. The van der Waals surface area contributed by atoms with Gasteiger partial charge in [-0.15, -0.1) is 0 Å². The van der Waals surface area contributed by atoms with Crippen LogP contribution in [0.4, 0.5) is 0 Å². The highest BCUT2D eigenvalue weighted by Crippen LogP contribution is 2.32. The summed E-state index contributed by atoms with van der Waals surface area (Å²) >= 11 is 2.08. The Balaban J connectivity index is 1.89. The first-order valence-corrected chi connectivity index (χ1v) is 8.78. The molecule has 0 spiro atoms. The minimum absolute atomic E-state index is 0.788. The molecule has 0 aromatic rings. The smallest absolute Gasteiger partial charge is 0.0198 e. The molecule has 17 heavy (non-hydrogen) atoms. The maximum atomic E-state index is 4.02. The Morgan fingerprint density at radius 2 is 1.71 bits per heavy atom. The van der Waals surface area contributed by atoms with E-state index in [0.29, 0.717) is 0 Å². The summed E-state index contributed by atoms with van der Waals surface area (Å²) < 4.78 is 0. The molecule has 0 amide bonds. The normalized spacial score (nSPS) is 43.6. The molecule has 100 valence electrons. The van der Waals surface area contributed by atoms with Gasteiger partial charge in [0.1, 0.15) is 0 Å². The van der Waals surface area contributed by atoms with Crippen molar-refractivity contribution in [3.8, 4) is 0 Å². The van der Waals surface area contributed by atoms with Crippen LogP contribution in [0.3, 0.4) is 0 Å². The van der Waals surface area contributed by atoms with Gasteiger partial charge in [0.05, 0.1) is 0 Å². The van der Waals surface area contributed by atoms with E-state index in [1.54, 1.807) is 0 Å². The first-order valence-electron chi connectivity index (χ1n) is 7.49. The molecule has 0 radical (unpaired) electrons. The van der Waals surface area contributed by atoms with Crippen molar-refractivity contribution in [1.29, 1.82) is 0 Å². The van der Waals surface area contributed by atoms with Crippen LogP contribution in [-0.2, 0) is 0 Å². The second kappa shape index (κ2) is 6.47. The lowest BCUT2D eigenvalue weighted by Gasteiger charge is -2.40. The van der Waals surface area contributed by atoms with Crippen LogP contribution >= 0.6 is 11.8 Å². The van der Waals surface area contributed by atoms with Crippen LogP contribution in [0.5, 0.6) is 0 Å². The fourth-order valence-corrected chi connectivity index (χ4v) is 4.55. The molecule has 0 aromatic carbocycles. The third kappa shape index (κ3) is 3.64. The zero-order chi connectivity index (χ0) is 12.3. The van der Waals surface area contributed by atoms with Crippen LogP contribution in [-0.4, -0.2) is 23.6 Å². The highest BCUT2D eigenvalue weighted by Gasteiger charge is 2.31. The minimum atomic E-state index is 0.788. The van der Waals surface area contributed by atoms with Crippen molar-refractivity contribution in [2.24, 2.45) is 11.8 Å². The largest absolute Gasteiger partial charge is 0.310 e. The average Bonchev–Trinajstić information content (AvgIpc) is 2.34. The van der Waals surface area contributed by atoms with E-state index in [1.807, 2.05) is 0 Å². The number of hydrogen-bond donors (Lipinski definition) is 1. The standard InChI is InChI=1S/C15H29NS/c1-11-8-9-12(2)14(10-11)16-13-6-4-5-7-15(13)17-3/h11-16H,4-10H2,1-3H3. The molecule has 5 atom stereocenters. The first-order chi connectivity index (χ1) is 8.20. The van der Waals surface area contributed by atoms with Crippen molar-refractivity contribution >= 4 is 11.8 Å². The maximum Gasteiger partial charge on any atom is 0.0198 e. The Morgan fingerprint density at radius 3 is 2.47 bits per heavy atom. The number of hydrogen-bond acceptors (Lipinski definition) is 2. The summed E-state index contributed by atoms with van der Waals surface area (Å²) in [5.41, 5.74) is 0. The van der Waals surface area contributed by atoms with E-state index >= 15 is 0 Å². The van der Waals surface area contributed by atoms with Crippen molar-refractivity contribution in [2.75, 3.05) is 6.26 Å². The average molecular weight is 255 g/mol. The van der Waals surface area contributed by atoms with Crippen molar-refractivity contribution < 1.29 is 0 Å². The van der Waals surface area contributed by atoms with E-state index in [1.165, 1.54) is 44.9 Å². The number of nitrogens with one attached hydrogen (secondary N) is 1. The molecule has 2 heteroatoms. The summed E-state index contributed by atoms with van der Waals surface area (Å²) in [5, 5.41) is 4.89. The summed E-state index contributed by atoms with van der Waals surface area (Å²) in [6.07, 6.45) is 12.3. The summed E-state index contributed by atoms with van der Waals surface area (Å²) in [6.45, 7) is 4.87. The Kier molecular flexibility index (Phi) is 5.23. The van der Waals surface area contributed by atoms with Gasteiger partial charge in [-0.25, -0.2) is 0 Å². The van der Waals surface area contributed by atoms with Gasteiger partial charge in [-0.2, -0.15) is 11.8 Å². The maximum absolute atomic E-state index is 4.02. The molecule has 2 saturated carbocycles. The van der Waals surface area contributed by atoms with Crippen LogP contribution in [0.15, 0.2) is 0 Å². The molecule has 0 aromatic heterocycles. The topological polar surface area (TPSA) is 12.0 Å². The third-order valence-electron chi connectivity index (χ3n) is 4.89. The van der Waals surface area contributed by atoms with Crippen molar-refractivity contribution in [3.63, 3.8) is 0 Å². The van der Waals surface area contributed by atoms with E-state index in [0.717, 1.165) is 29.2 Å². The molecule has 5 unspecified atom stereocenters. The molecule has 2 fully saturated rings.